The maximum atomic E-state index is 14.6. The minimum absolute atomic E-state index is 0.0210. The first-order chi connectivity index (χ1) is 13.0. The average Bonchev–Trinajstić information content (AvgIpc) is 2.63. The van der Waals surface area contributed by atoms with Gasteiger partial charge in [-0.1, -0.05) is 12.1 Å². The first-order valence-electron chi connectivity index (χ1n) is 9.31. The second-order valence-corrected chi connectivity index (χ2v) is 7.45. The van der Waals surface area contributed by atoms with Crippen molar-refractivity contribution in [3.05, 3.63) is 47.4 Å². The molecule has 0 spiro atoms. The van der Waals surface area contributed by atoms with E-state index in [0.717, 1.165) is 42.5 Å². The number of hydrogen-bond acceptors (Lipinski definition) is 4. The molecule has 0 saturated heterocycles. The maximum absolute atomic E-state index is 14.6. The van der Waals surface area contributed by atoms with Crippen molar-refractivity contribution < 1.29 is 9.18 Å². The van der Waals surface area contributed by atoms with E-state index in [9.17, 15) is 9.18 Å². The van der Waals surface area contributed by atoms with Gasteiger partial charge < -0.3 is 11.5 Å². The number of fused-ring (bicyclic) bond motifs is 1. The summed E-state index contributed by atoms with van der Waals surface area (Å²) in [5.74, 6) is -0.0320. The minimum Gasteiger partial charge on any atom is -0.384 e. The largest absolute Gasteiger partial charge is 0.384 e. The molecule has 1 aromatic carbocycles. The number of carbonyl (C=O) groups is 1. The number of aryl methyl sites for hydroxylation is 1. The van der Waals surface area contributed by atoms with Crippen molar-refractivity contribution in [2.24, 2.45) is 5.73 Å². The number of anilines is 3. The van der Waals surface area contributed by atoms with Gasteiger partial charge in [-0.3, -0.25) is 9.80 Å². The van der Waals surface area contributed by atoms with E-state index in [1.807, 2.05) is 13.0 Å². The molecule has 1 aliphatic heterocycles. The van der Waals surface area contributed by atoms with E-state index in [1.165, 1.54) is 11.0 Å². The highest BCUT2D eigenvalue weighted by Gasteiger charge is 2.38. The summed E-state index contributed by atoms with van der Waals surface area (Å²) in [6.07, 6.45) is 5.05. The number of halogens is 1. The Morgan fingerprint density at radius 3 is 2.67 bits per heavy atom. The molecule has 2 heterocycles. The summed E-state index contributed by atoms with van der Waals surface area (Å²) >= 11 is 0. The SMILES string of the molecule is Cc1cccc(F)c1N1Cc2cnc(N)cc2N(C2CCC(N)CC2)C1=O. The monoisotopic (exact) mass is 369 g/mol. The number of nitrogens with zero attached hydrogens (tertiary/aromatic N) is 3. The van der Waals surface area contributed by atoms with Gasteiger partial charge in [-0.2, -0.15) is 0 Å². The molecule has 1 fully saturated rings. The number of nitrogens with two attached hydrogens (primary N) is 2. The van der Waals surface area contributed by atoms with Gasteiger partial charge >= 0.3 is 6.03 Å². The van der Waals surface area contributed by atoms with Gasteiger partial charge in [0.2, 0.25) is 0 Å². The van der Waals surface area contributed by atoms with Gasteiger partial charge in [0.05, 0.1) is 17.9 Å². The number of amides is 2. The van der Waals surface area contributed by atoms with Crippen molar-refractivity contribution >= 4 is 23.2 Å². The molecule has 7 heteroatoms. The molecule has 1 saturated carbocycles. The summed E-state index contributed by atoms with van der Waals surface area (Å²) in [7, 11) is 0. The van der Waals surface area contributed by atoms with Gasteiger partial charge in [0, 0.05) is 29.9 Å². The summed E-state index contributed by atoms with van der Waals surface area (Å²) in [5, 5.41) is 0. The number of carbonyl (C=O) groups excluding carboxylic acids is 1. The smallest absolute Gasteiger partial charge is 0.329 e. The molecule has 0 atom stereocenters. The summed E-state index contributed by atoms with van der Waals surface area (Å²) in [6, 6.07) is 6.57. The maximum Gasteiger partial charge on any atom is 0.329 e. The highest BCUT2D eigenvalue weighted by Crippen LogP contribution is 2.38. The lowest BCUT2D eigenvalue weighted by molar-refractivity contribution is 0.243. The molecule has 27 heavy (non-hydrogen) atoms. The van der Waals surface area contributed by atoms with Gasteiger partial charge in [-0.25, -0.2) is 14.2 Å². The topological polar surface area (TPSA) is 88.5 Å². The van der Waals surface area contributed by atoms with Crippen LogP contribution in [0.2, 0.25) is 0 Å². The van der Waals surface area contributed by atoms with Crippen LogP contribution in [0, 0.1) is 12.7 Å². The van der Waals surface area contributed by atoms with Crippen molar-refractivity contribution in [1.29, 1.82) is 0 Å². The number of hydrogen-bond donors (Lipinski definition) is 2. The third kappa shape index (κ3) is 3.12. The van der Waals surface area contributed by atoms with Crippen LogP contribution in [-0.4, -0.2) is 23.1 Å². The molecule has 0 unspecified atom stereocenters. The van der Waals surface area contributed by atoms with Crippen molar-refractivity contribution in [3.8, 4) is 0 Å². The normalized spacial score (nSPS) is 22.7. The van der Waals surface area contributed by atoms with Crippen LogP contribution < -0.4 is 21.3 Å². The quantitative estimate of drug-likeness (QED) is 0.850. The molecule has 142 valence electrons. The zero-order chi connectivity index (χ0) is 19.1. The number of aromatic nitrogens is 1. The fourth-order valence-electron chi connectivity index (χ4n) is 4.16. The molecule has 6 nitrogen and oxygen atoms in total. The highest BCUT2D eigenvalue weighted by molar-refractivity contribution is 6.07. The van der Waals surface area contributed by atoms with E-state index in [-0.39, 0.29) is 24.7 Å². The van der Waals surface area contributed by atoms with Gasteiger partial charge in [0.15, 0.2) is 0 Å². The Bertz CT molecular complexity index is 858. The first-order valence-corrected chi connectivity index (χ1v) is 9.31. The Hall–Kier alpha value is -2.67. The first kappa shape index (κ1) is 17.7. The predicted octanol–water partition coefficient (Wildman–Crippen LogP) is 3.33. The zero-order valence-electron chi connectivity index (χ0n) is 15.4. The Balaban J connectivity index is 1.79. The third-order valence-corrected chi connectivity index (χ3v) is 5.57. The molecule has 2 aromatic rings. The van der Waals surface area contributed by atoms with Crippen LogP contribution in [0.5, 0.6) is 0 Å². The summed E-state index contributed by atoms with van der Waals surface area (Å²) in [4.78, 5) is 20.9. The number of nitrogen functional groups attached to an aromatic ring is 1. The van der Waals surface area contributed by atoms with Gasteiger partial charge in [-0.15, -0.1) is 0 Å². The second-order valence-electron chi connectivity index (χ2n) is 7.45. The molecule has 2 aliphatic rings. The van der Waals surface area contributed by atoms with Gasteiger partial charge in [0.25, 0.3) is 0 Å². The second kappa shape index (κ2) is 6.81. The van der Waals surface area contributed by atoms with Gasteiger partial charge in [-0.05, 0) is 44.2 Å². The fraction of sp³-hybridized carbons (Fsp3) is 0.400. The van der Waals surface area contributed by atoms with E-state index < -0.39 is 5.82 Å². The molecule has 1 aromatic heterocycles. The van der Waals surface area contributed by atoms with Crippen molar-refractivity contribution in [2.45, 2.75) is 51.2 Å². The number of para-hydroxylation sites is 1. The van der Waals surface area contributed by atoms with Crippen LogP contribution in [0.4, 0.5) is 26.4 Å². The number of urea groups is 1. The molecule has 0 radical (unpaired) electrons. The molecule has 2 amide bonds. The predicted molar refractivity (Wildman–Crippen MR) is 104 cm³/mol. The van der Waals surface area contributed by atoms with E-state index in [2.05, 4.69) is 4.98 Å². The Morgan fingerprint density at radius 1 is 1.22 bits per heavy atom. The number of rotatable bonds is 2. The average molecular weight is 369 g/mol. The molecule has 4 rings (SSSR count). The fourth-order valence-corrected chi connectivity index (χ4v) is 4.16. The number of pyridine rings is 1. The Morgan fingerprint density at radius 2 is 1.96 bits per heavy atom. The summed E-state index contributed by atoms with van der Waals surface area (Å²) < 4.78 is 14.6. The van der Waals surface area contributed by atoms with Crippen molar-refractivity contribution in [2.75, 3.05) is 15.5 Å². The van der Waals surface area contributed by atoms with Crippen LogP contribution in [0.3, 0.4) is 0 Å². The van der Waals surface area contributed by atoms with Crippen LogP contribution in [-0.2, 0) is 6.54 Å². The van der Waals surface area contributed by atoms with Crippen LogP contribution in [0.25, 0.3) is 0 Å². The minimum atomic E-state index is -0.402. The van der Waals surface area contributed by atoms with Crippen LogP contribution >= 0.6 is 0 Å². The lowest BCUT2D eigenvalue weighted by Gasteiger charge is -2.43. The van der Waals surface area contributed by atoms with Crippen molar-refractivity contribution in [3.63, 3.8) is 0 Å². The Labute approximate surface area is 158 Å². The highest BCUT2D eigenvalue weighted by atomic mass is 19.1. The molecular weight excluding hydrogens is 345 g/mol. The van der Waals surface area contributed by atoms with Crippen molar-refractivity contribution in [1.82, 2.24) is 4.98 Å². The molecule has 1 aliphatic carbocycles. The Kier molecular flexibility index (Phi) is 4.47. The van der Waals surface area contributed by atoms with Crippen LogP contribution in [0.1, 0.15) is 36.8 Å². The summed E-state index contributed by atoms with van der Waals surface area (Å²) in [6.45, 7) is 2.08. The van der Waals surface area contributed by atoms with Gasteiger partial charge in [0.1, 0.15) is 11.6 Å². The molecule has 4 N–H and O–H groups in total. The van der Waals surface area contributed by atoms with E-state index in [1.54, 1.807) is 23.2 Å². The van der Waals surface area contributed by atoms with Crippen LogP contribution in [0.15, 0.2) is 30.5 Å². The zero-order valence-corrected chi connectivity index (χ0v) is 15.4. The summed E-state index contributed by atoms with van der Waals surface area (Å²) in [5.41, 5.74) is 14.6. The van der Waals surface area contributed by atoms with E-state index in [4.69, 9.17) is 11.5 Å². The van der Waals surface area contributed by atoms with E-state index in [0.29, 0.717) is 11.5 Å². The number of benzene rings is 1. The van der Waals surface area contributed by atoms with E-state index >= 15 is 0 Å². The standard InChI is InChI=1S/C20H24FN5O/c1-12-3-2-4-16(21)19(12)25-11-13-10-24-18(23)9-17(13)26(20(25)27)15-7-5-14(22)6-8-15/h2-4,9-10,14-15H,5-8,11,22H2,1H3,(H2,23,24). The lowest BCUT2D eigenvalue weighted by atomic mass is 9.90. The molecular formula is C20H24FN5O. The molecule has 0 bridgehead atoms. The third-order valence-electron chi connectivity index (χ3n) is 5.57. The lowest BCUT2D eigenvalue weighted by Crippen LogP contribution is -2.53.